The predicted molar refractivity (Wildman–Crippen MR) is 271 cm³/mol. The minimum atomic E-state index is -0.198. The summed E-state index contributed by atoms with van der Waals surface area (Å²) in [6, 6.07) is 47.0. The van der Waals surface area contributed by atoms with Crippen molar-refractivity contribution in [3.8, 4) is 16.8 Å². The fourth-order valence-corrected chi connectivity index (χ4v) is 13.0. The van der Waals surface area contributed by atoms with Crippen molar-refractivity contribution in [1.82, 2.24) is 4.57 Å². The second-order valence-corrected chi connectivity index (χ2v) is 23.2. The Bertz CT molecular complexity index is 3760. The molecule has 7 aromatic carbocycles. The van der Waals surface area contributed by atoms with Gasteiger partial charge in [-0.25, -0.2) is 0 Å². The topological polar surface area (TPSA) is 21.3 Å². The first-order chi connectivity index (χ1) is 29.6. The van der Waals surface area contributed by atoms with Gasteiger partial charge in [0, 0.05) is 73.4 Å². The van der Waals surface area contributed by atoms with E-state index in [1.807, 2.05) is 22.7 Å². The summed E-state index contributed by atoms with van der Waals surface area (Å²) in [5.74, 6) is 0. The first-order valence-corrected chi connectivity index (χ1v) is 23.7. The molecule has 0 aliphatic carbocycles. The molecule has 6 heterocycles. The number of hydrogen-bond acceptors (Lipinski definition) is 4. The van der Waals surface area contributed by atoms with Gasteiger partial charge in [-0.05, 0) is 105 Å². The largest absolute Gasteiger partial charge is 0.466 e. The van der Waals surface area contributed by atoms with Crippen LogP contribution in [0, 0.1) is 0 Å². The molecule has 13 rings (SSSR count). The molecule has 3 nitrogen and oxygen atoms in total. The van der Waals surface area contributed by atoms with Crippen LogP contribution in [-0.4, -0.2) is 11.4 Å². The molecule has 0 saturated heterocycles. The van der Waals surface area contributed by atoms with Gasteiger partial charge in [0.2, 0.25) is 0 Å². The normalized spacial score (nSPS) is 14.1. The molecule has 0 fully saturated rings. The molecule has 0 atom stereocenters. The number of hydrogen-bond donors (Lipinski definition) is 0. The molecule has 0 N–H and O–H groups in total. The standard InChI is InChI=1S/C56H47BN2OS2/c1-54(2,3)30-14-18-33(19-15-30)59-44-27-41-35-20-16-32(56(7,8)9)25-47(35)62-49(41)28-38(44)36-21-22-37-39-29-48-40(34-12-10-11-13-46(34)61-48)26-43(39)58-51(37)50(36)57(59)53-52(58)42-24-31(55(4,5)6)17-23-45(42)60-53/h10-29H,1-9H3. The number of furan rings is 1. The van der Waals surface area contributed by atoms with Crippen LogP contribution in [0.15, 0.2) is 126 Å². The van der Waals surface area contributed by atoms with Crippen molar-refractivity contribution >= 4 is 125 Å². The zero-order chi connectivity index (χ0) is 42.4. The molecule has 62 heavy (non-hydrogen) atoms. The van der Waals surface area contributed by atoms with Crippen LogP contribution in [0.2, 0.25) is 0 Å². The fourth-order valence-electron chi connectivity index (χ4n) is 10.7. The molecule has 4 aromatic heterocycles. The molecule has 0 amide bonds. The molecule has 2 aliphatic heterocycles. The Balaban J connectivity index is 1.19. The summed E-state index contributed by atoms with van der Waals surface area (Å²) in [4.78, 5) is 2.62. The average molecular weight is 839 g/mol. The first kappa shape index (κ1) is 36.8. The fraction of sp³-hybridized carbons (Fsp3) is 0.214. The van der Waals surface area contributed by atoms with E-state index in [9.17, 15) is 0 Å². The maximum absolute atomic E-state index is 7.37. The SMILES string of the molecule is CC(C)(C)c1ccc(N2B3c4oc5ccc(C(C)(C)C)cc5c4-n4c5cc6c(cc5c5ccc(c3c54)-c3cc4sc5cc(C(C)(C)C)ccc5c4cc32)sc2ccccc26)cc1. The molecule has 302 valence electrons. The van der Waals surface area contributed by atoms with E-state index in [1.54, 1.807) is 0 Å². The maximum atomic E-state index is 7.37. The molecule has 0 saturated carbocycles. The monoisotopic (exact) mass is 838 g/mol. The lowest BCUT2D eigenvalue weighted by Crippen LogP contribution is -2.60. The number of benzene rings is 7. The van der Waals surface area contributed by atoms with E-state index in [2.05, 4.69) is 193 Å². The Morgan fingerprint density at radius 3 is 1.89 bits per heavy atom. The number of anilines is 2. The third-order valence-corrected chi connectivity index (χ3v) is 16.3. The molecule has 0 unspecified atom stereocenters. The second-order valence-electron chi connectivity index (χ2n) is 21.0. The van der Waals surface area contributed by atoms with E-state index >= 15 is 0 Å². The van der Waals surface area contributed by atoms with Gasteiger partial charge in [0.15, 0.2) is 0 Å². The van der Waals surface area contributed by atoms with Crippen molar-refractivity contribution in [3.63, 3.8) is 0 Å². The highest BCUT2D eigenvalue weighted by molar-refractivity contribution is 7.26. The summed E-state index contributed by atoms with van der Waals surface area (Å²) < 4.78 is 15.3. The van der Waals surface area contributed by atoms with Crippen LogP contribution in [-0.2, 0) is 16.2 Å². The Morgan fingerprint density at radius 1 is 0.484 bits per heavy atom. The molecular formula is C56H47BN2OS2. The molecule has 11 aromatic rings. The zero-order valence-electron chi connectivity index (χ0n) is 36.7. The van der Waals surface area contributed by atoms with E-state index in [-0.39, 0.29) is 23.1 Å². The van der Waals surface area contributed by atoms with Crippen molar-refractivity contribution in [2.24, 2.45) is 0 Å². The lowest BCUT2D eigenvalue weighted by atomic mass is 9.46. The van der Waals surface area contributed by atoms with Gasteiger partial charge in [0.1, 0.15) is 11.2 Å². The van der Waals surface area contributed by atoms with Crippen molar-refractivity contribution in [1.29, 1.82) is 0 Å². The maximum Gasteiger partial charge on any atom is 0.375 e. The van der Waals surface area contributed by atoms with E-state index in [4.69, 9.17) is 4.42 Å². The predicted octanol–water partition coefficient (Wildman–Crippen LogP) is 15.4. The Labute approximate surface area is 370 Å². The highest BCUT2D eigenvalue weighted by Gasteiger charge is 2.47. The van der Waals surface area contributed by atoms with Crippen LogP contribution in [0.3, 0.4) is 0 Å². The van der Waals surface area contributed by atoms with Gasteiger partial charge in [0.05, 0.1) is 16.7 Å². The van der Waals surface area contributed by atoms with Crippen molar-refractivity contribution in [3.05, 3.63) is 138 Å². The Morgan fingerprint density at radius 2 is 1.11 bits per heavy atom. The Kier molecular flexibility index (Phi) is 7.12. The summed E-state index contributed by atoms with van der Waals surface area (Å²) in [6.07, 6.45) is 0. The number of nitrogens with zero attached hydrogens (tertiary/aromatic N) is 2. The third kappa shape index (κ3) is 4.94. The third-order valence-electron chi connectivity index (χ3n) is 14.0. The molecule has 0 spiro atoms. The number of fused-ring (bicyclic) bond motifs is 16. The van der Waals surface area contributed by atoms with Gasteiger partial charge in [-0.3, -0.25) is 0 Å². The highest BCUT2D eigenvalue weighted by atomic mass is 32.1. The van der Waals surface area contributed by atoms with Crippen LogP contribution in [0.4, 0.5) is 11.4 Å². The summed E-state index contributed by atoms with van der Waals surface area (Å²) in [7, 11) is 0. The summed E-state index contributed by atoms with van der Waals surface area (Å²) >= 11 is 3.82. The first-order valence-electron chi connectivity index (χ1n) is 22.0. The van der Waals surface area contributed by atoms with Crippen molar-refractivity contribution < 1.29 is 4.42 Å². The van der Waals surface area contributed by atoms with Gasteiger partial charge in [0.25, 0.3) is 0 Å². The summed E-state index contributed by atoms with van der Waals surface area (Å²) in [6.45, 7) is 20.6. The van der Waals surface area contributed by atoms with Crippen LogP contribution in [0.5, 0.6) is 0 Å². The second kappa shape index (κ2) is 12.0. The van der Waals surface area contributed by atoms with Gasteiger partial charge < -0.3 is 13.8 Å². The van der Waals surface area contributed by atoms with Gasteiger partial charge >= 0.3 is 6.85 Å². The van der Waals surface area contributed by atoms with Crippen LogP contribution >= 0.6 is 22.7 Å². The lowest BCUT2D eigenvalue weighted by Gasteiger charge is -2.40. The number of aromatic nitrogens is 1. The van der Waals surface area contributed by atoms with Crippen molar-refractivity contribution in [2.75, 3.05) is 4.81 Å². The minimum absolute atomic E-state index is 0.0269. The zero-order valence-corrected chi connectivity index (χ0v) is 38.4. The average Bonchev–Trinajstić information content (AvgIpc) is 3.99. The molecule has 2 aliphatic rings. The number of thiophene rings is 2. The lowest BCUT2D eigenvalue weighted by molar-refractivity contribution is 0.590. The van der Waals surface area contributed by atoms with Gasteiger partial charge in [-0.1, -0.05) is 123 Å². The Hall–Kier alpha value is -5.82. The van der Waals surface area contributed by atoms with E-state index in [0.717, 1.165) is 16.9 Å². The van der Waals surface area contributed by atoms with Crippen molar-refractivity contribution in [2.45, 2.75) is 78.6 Å². The minimum Gasteiger partial charge on any atom is -0.466 e. The highest BCUT2D eigenvalue weighted by Crippen LogP contribution is 2.51. The van der Waals surface area contributed by atoms with Crippen LogP contribution < -0.4 is 15.9 Å². The molecule has 0 radical (unpaired) electrons. The van der Waals surface area contributed by atoms with E-state index in [1.165, 1.54) is 112 Å². The van der Waals surface area contributed by atoms with Crippen LogP contribution in [0.25, 0.3) is 89.9 Å². The van der Waals surface area contributed by atoms with E-state index < -0.39 is 0 Å². The van der Waals surface area contributed by atoms with E-state index in [0.29, 0.717) is 0 Å². The summed E-state index contributed by atoms with van der Waals surface area (Å²) in [5.41, 5.74) is 15.9. The number of rotatable bonds is 1. The van der Waals surface area contributed by atoms with Crippen LogP contribution in [0.1, 0.15) is 79.0 Å². The smallest absolute Gasteiger partial charge is 0.375 e. The van der Waals surface area contributed by atoms with Gasteiger partial charge in [-0.15, -0.1) is 22.7 Å². The molecule has 6 heteroatoms. The molecule has 0 bridgehead atoms. The summed E-state index contributed by atoms with van der Waals surface area (Å²) in [5, 5.41) is 9.00. The quantitative estimate of drug-likeness (QED) is 0.154. The van der Waals surface area contributed by atoms with Gasteiger partial charge in [-0.2, -0.15) is 0 Å². The molecular weight excluding hydrogens is 792 g/mol.